The monoisotopic (exact) mass is 242 g/mol. The van der Waals surface area contributed by atoms with E-state index in [4.69, 9.17) is 4.74 Å². The van der Waals surface area contributed by atoms with Crippen LogP contribution in [0.1, 0.15) is 46.0 Å². The predicted octanol–water partition coefficient (Wildman–Crippen LogP) is 2.27. The fraction of sp³-hybridized carbons (Fsp3) is 1.00. The Bertz CT molecular complexity index is 187. The molecule has 2 unspecified atom stereocenters. The molecule has 1 N–H and O–H groups in total. The maximum absolute atomic E-state index is 5.49. The van der Waals surface area contributed by atoms with Crippen LogP contribution in [0.3, 0.4) is 0 Å². The lowest BCUT2D eigenvalue weighted by Crippen LogP contribution is -2.49. The quantitative estimate of drug-likeness (QED) is 0.547. The molecule has 1 saturated carbocycles. The van der Waals surface area contributed by atoms with Crippen LogP contribution in [0.25, 0.3) is 0 Å². The van der Waals surface area contributed by atoms with Crippen molar-refractivity contribution in [1.29, 1.82) is 0 Å². The van der Waals surface area contributed by atoms with Crippen LogP contribution in [0, 0.1) is 0 Å². The summed E-state index contributed by atoms with van der Waals surface area (Å²) in [5, 5.41) is 3.52. The second kappa shape index (κ2) is 8.90. The lowest BCUT2D eigenvalue weighted by molar-refractivity contribution is 0.0835. The number of ether oxygens (including phenoxy) is 1. The summed E-state index contributed by atoms with van der Waals surface area (Å²) >= 11 is 0. The van der Waals surface area contributed by atoms with E-state index < -0.39 is 0 Å². The fourth-order valence-corrected chi connectivity index (χ4v) is 2.95. The summed E-state index contributed by atoms with van der Waals surface area (Å²) in [6.07, 6.45) is 6.83. The number of nitrogens with zero attached hydrogens (tertiary/aromatic N) is 1. The molecule has 3 heteroatoms. The Kier molecular flexibility index (Phi) is 7.82. The molecule has 0 aliphatic heterocycles. The molecule has 0 heterocycles. The zero-order valence-electron chi connectivity index (χ0n) is 11.9. The van der Waals surface area contributed by atoms with Crippen LogP contribution in [0.2, 0.25) is 0 Å². The Morgan fingerprint density at radius 3 is 2.59 bits per heavy atom. The summed E-state index contributed by atoms with van der Waals surface area (Å²) < 4.78 is 5.49. The molecule has 1 fully saturated rings. The van der Waals surface area contributed by atoms with E-state index in [9.17, 15) is 0 Å². The number of rotatable bonds is 7. The third-order valence-electron chi connectivity index (χ3n) is 3.95. The van der Waals surface area contributed by atoms with Crippen molar-refractivity contribution >= 4 is 0 Å². The number of likely N-dealkylation sites (N-methyl/N-ethyl adjacent to an activating group) is 2. The minimum atomic E-state index is 0.666. The molecule has 102 valence electrons. The van der Waals surface area contributed by atoms with Crippen LogP contribution in [0.4, 0.5) is 0 Å². The van der Waals surface area contributed by atoms with Crippen LogP contribution in [-0.4, -0.2) is 50.3 Å². The number of hydrogen-bond donors (Lipinski definition) is 1. The van der Waals surface area contributed by atoms with Crippen LogP contribution >= 0.6 is 0 Å². The first-order valence-corrected chi connectivity index (χ1v) is 7.32. The van der Waals surface area contributed by atoms with Gasteiger partial charge in [0, 0.05) is 25.2 Å². The Balaban J connectivity index is 2.49. The summed E-state index contributed by atoms with van der Waals surface area (Å²) in [5.41, 5.74) is 0. The standard InChI is InChI=1S/C14H30N2O/c1-4-16(11-12-17-5-2)14-10-8-6-7-9-13(14)15-3/h13-15H,4-12H2,1-3H3. The van der Waals surface area contributed by atoms with Crippen molar-refractivity contribution in [1.82, 2.24) is 10.2 Å². The minimum Gasteiger partial charge on any atom is -0.380 e. The Labute approximate surface area is 107 Å². The highest BCUT2D eigenvalue weighted by molar-refractivity contribution is 4.85. The maximum Gasteiger partial charge on any atom is 0.0593 e. The van der Waals surface area contributed by atoms with Gasteiger partial charge in [0.2, 0.25) is 0 Å². The first kappa shape index (κ1) is 14.9. The van der Waals surface area contributed by atoms with E-state index >= 15 is 0 Å². The summed E-state index contributed by atoms with van der Waals surface area (Å²) in [6, 6.07) is 1.37. The highest BCUT2D eigenvalue weighted by Gasteiger charge is 2.26. The summed E-state index contributed by atoms with van der Waals surface area (Å²) in [6.45, 7) is 8.25. The average molecular weight is 242 g/mol. The highest BCUT2D eigenvalue weighted by Crippen LogP contribution is 2.22. The van der Waals surface area contributed by atoms with E-state index in [-0.39, 0.29) is 0 Å². The first-order chi connectivity index (χ1) is 8.33. The van der Waals surface area contributed by atoms with Gasteiger partial charge >= 0.3 is 0 Å². The van der Waals surface area contributed by atoms with Gasteiger partial charge in [0.25, 0.3) is 0 Å². The summed E-state index contributed by atoms with van der Waals surface area (Å²) in [5.74, 6) is 0. The molecule has 0 aromatic carbocycles. The van der Waals surface area contributed by atoms with Gasteiger partial charge in [0.1, 0.15) is 0 Å². The van der Waals surface area contributed by atoms with Gasteiger partial charge in [-0.2, -0.15) is 0 Å². The van der Waals surface area contributed by atoms with Gasteiger partial charge in [0.05, 0.1) is 6.61 Å². The second-order valence-electron chi connectivity index (χ2n) is 4.93. The lowest BCUT2D eigenvalue weighted by Gasteiger charge is -2.35. The average Bonchev–Trinajstić information content (AvgIpc) is 2.60. The van der Waals surface area contributed by atoms with Crippen molar-refractivity contribution in [3.63, 3.8) is 0 Å². The van der Waals surface area contributed by atoms with Gasteiger partial charge in [-0.05, 0) is 33.4 Å². The predicted molar refractivity (Wildman–Crippen MR) is 73.5 cm³/mol. The van der Waals surface area contributed by atoms with Gasteiger partial charge in [0.15, 0.2) is 0 Å². The molecule has 1 aliphatic carbocycles. The molecule has 17 heavy (non-hydrogen) atoms. The van der Waals surface area contributed by atoms with Crippen molar-refractivity contribution < 1.29 is 4.74 Å². The lowest BCUT2D eigenvalue weighted by atomic mass is 10.0. The third kappa shape index (κ3) is 4.94. The molecule has 0 saturated heterocycles. The molecule has 1 aliphatic rings. The van der Waals surface area contributed by atoms with Crippen LogP contribution in [0.15, 0.2) is 0 Å². The van der Waals surface area contributed by atoms with Crippen molar-refractivity contribution in [3.8, 4) is 0 Å². The van der Waals surface area contributed by atoms with E-state index in [1.165, 1.54) is 32.1 Å². The van der Waals surface area contributed by atoms with Crippen molar-refractivity contribution in [3.05, 3.63) is 0 Å². The maximum atomic E-state index is 5.49. The number of hydrogen-bond acceptors (Lipinski definition) is 3. The Morgan fingerprint density at radius 1 is 1.18 bits per heavy atom. The van der Waals surface area contributed by atoms with E-state index in [1.807, 2.05) is 0 Å². The minimum absolute atomic E-state index is 0.666. The fourth-order valence-electron chi connectivity index (χ4n) is 2.95. The molecule has 2 atom stereocenters. The molecule has 0 aromatic rings. The Morgan fingerprint density at radius 2 is 1.94 bits per heavy atom. The zero-order valence-corrected chi connectivity index (χ0v) is 11.9. The van der Waals surface area contributed by atoms with Gasteiger partial charge in [-0.3, -0.25) is 4.90 Å². The Hall–Kier alpha value is -0.120. The molecule has 3 nitrogen and oxygen atoms in total. The van der Waals surface area contributed by atoms with Crippen LogP contribution in [-0.2, 0) is 4.74 Å². The second-order valence-corrected chi connectivity index (χ2v) is 4.93. The van der Waals surface area contributed by atoms with Gasteiger partial charge in [-0.25, -0.2) is 0 Å². The molecule has 1 rings (SSSR count). The smallest absolute Gasteiger partial charge is 0.0593 e. The van der Waals surface area contributed by atoms with E-state index in [0.717, 1.165) is 26.3 Å². The SMILES string of the molecule is CCOCCN(CC)C1CCCCCC1NC. The van der Waals surface area contributed by atoms with Crippen LogP contribution < -0.4 is 5.32 Å². The third-order valence-corrected chi connectivity index (χ3v) is 3.95. The van der Waals surface area contributed by atoms with Crippen molar-refractivity contribution in [2.75, 3.05) is 33.4 Å². The highest BCUT2D eigenvalue weighted by atomic mass is 16.5. The van der Waals surface area contributed by atoms with E-state index in [1.54, 1.807) is 0 Å². The largest absolute Gasteiger partial charge is 0.380 e. The number of nitrogens with one attached hydrogen (secondary N) is 1. The topological polar surface area (TPSA) is 24.5 Å². The van der Waals surface area contributed by atoms with E-state index in [0.29, 0.717) is 12.1 Å². The van der Waals surface area contributed by atoms with Crippen molar-refractivity contribution in [2.45, 2.75) is 58.0 Å². The van der Waals surface area contributed by atoms with Gasteiger partial charge < -0.3 is 10.1 Å². The summed E-state index contributed by atoms with van der Waals surface area (Å²) in [4.78, 5) is 2.60. The molecule has 0 radical (unpaired) electrons. The van der Waals surface area contributed by atoms with Gasteiger partial charge in [-0.1, -0.05) is 26.2 Å². The molecule has 0 amide bonds. The zero-order chi connectivity index (χ0) is 12.5. The van der Waals surface area contributed by atoms with Crippen LogP contribution in [0.5, 0.6) is 0 Å². The molecule has 0 aromatic heterocycles. The van der Waals surface area contributed by atoms with Gasteiger partial charge in [-0.15, -0.1) is 0 Å². The van der Waals surface area contributed by atoms with Crippen molar-refractivity contribution in [2.24, 2.45) is 0 Å². The van der Waals surface area contributed by atoms with E-state index in [2.05, 4.69) is 31.1 Å². The molecular weight excluding hydrogens is 212 g/mol. The molecule has 0 spiro atoms. The summed E-state index contributed by atoms with van der Waals surface area (Å²) in [7, 11) is 2.11. The normalized spacial score (nSPS) is 26.1. The molecular formula is C14H30N2O. The first-order valence-electron chi connectivity index (χ1n) is 7.32. The molecule has 0 bridgehead atoms.